The van der Waals surface area contributed by atoms with Crippen molar-refractivity contribution in [3.63, 3.8) is 0 Å². The van der Waals surface area contributed by atoms with Crippen LogP contribution in [0.2, 0.25) is 0 Å². The van der Waals surface area contributed by atoms with Crippen LogP contribution in [0.15, 0.2) is 0 Å². The van der Waals surface area contributed by atoms with Crippen molar-refractivity contribution in [2.45, 2.75) is 33.2 Å². The fraction of sp³-hybridized carbons (Fsp3) is 0.800. The number of hydrogen-bond acceptors (Lipinski definition) is 2. The zero-order valence-electron chi connectivity index (χ0n) is 9.63. The first-order valence-corrected chi connectivity index (χ1v) is 4.82. The summed E-state index contributed by atoms with van der Waals surface area (Å²) in [6, 6.07) is 0. The number of amides is 2. The van der Waals surface area contributed by atoms with Gasteiger partial charge in [-0.2, -0.15) is 0 Å². The summed E-state index contributed by atoms with van der Waals surface area (Å²) in [6.45, 7) is 8.60. The van der Waals surface area contributed by atoms with Gasteiger partial charge in [-0.05, 0) is 27.7 Å². The Balaban J connectivity index is 4.72. The molecule has 4 nitrogen and oxygen atoms in total. The molecule has 0 saturated heterocycles. The molecule has 14 heavy (non-hydrogen) atoms. The van der Waals surface area contributed by atoms with Crippen molar-refractivity contribution >= 4 is 12.3 Å². The van der Waals surface area contributed by atoms with Crippen molar-refractivity contribution < 1.29 is 9.59 Å². The summed E-state index contributed by atoms with van der Waals surface area (Å²) in [6.07, 6.45) is 1.72. The number of carbonyl (C=O) groups is 1. The van der Waals surface area contributed by atoms with Gasteiger partial charge in [0.15, 0.2) is 0 Å². The monoisotopic (exact) mass is 199 g/mol. The Kier molecular flexibility index (Phi) is 4.60. The highest BCUT2D eigenvalue weighted by Crippen LogP contribution is 2.14. The van der Waals surface area contributed by atoms with E-state index in [4.69, 9.17) is 0 Å². The van der Waals surface area contributed by atoms with Gasteiger partial charge in [0, 0.05) is 20.1 Å². The fourth-order valence-corrected chi connectivity index (χ4v) is 1.16. The average Bonchev–Trinajstić information content (AvgIpc) is 2.18. The highest BCUT2D eigenvalue weighted by Gasteiger charge is 2.34. The van der Waals surface area contributed by atoms with Gasteiger partial charge in [-0.15, -0.1) is 0 Å². The molecule has 0 fully saturated rings. The molecule has 0 saturated carbocycles. The van der Waals surface area contributed by atoms with Crippen LogP contribution in [0.25, 0.3) is 0 Å². The zero-order chi connectivity index (χ0) is 11.4. The van der Waals surface area contributed by atoms with Crippen molar-refractivity contribution in [2.75, 3.05) is 20.1 Å². The van der Waals surface area contributed by atoms with E-state index in [1.807, 2.05) is 13.8 Å². The predicted octanol–water partition coefficient (Wildman–Crippen LogP) is 0.632. The normalized spacial score (nSPS) is 10.9. The Morgan fingerprint density at radius 2 is 1.71 bits per heavy atom. The molecule has 0 atom stereocenters. The van der Waals surface area contributed by atoms with Gasteiger partial charge in [-0.1, -0.05) is 0 Å². The molecular formula is C10H19N2O2. The third-order valence-electron chi connectivity index (χ3n) is 2.55. The third kappa shape index (κ3) is 2.47. The third-order valence-corrected chi connectivity index (χ3v) is 2.55. The number of hydrogen-bond donors (Lipinski definition) is 0. The minimum absolute atomic E-state index is 0.0478. The Morgan fingerprint density at radius 1 is 1.29 bits per heavy atom. The smallest absolute Gasteiger partial charge is 0.312 e. The van der Waals surface area contributed by atoms with Crippen molar-refractivity contribution in [3.05, 3.63) is 0 Å². The van der Waals surface area contributed by atoms with Crippen LogP contribution in [0, 0.1) is 0 Å². The summed E-state index contributed by atoms with van der Waals surface area (Å²) in [7, 11) is 1.56. The van der Waals surface area contributed by atoms with Crippen LogP contribution in [0.3, 0.4) is 0 Å². The van der Waals surface area contributed by atoms with Gasteiger partial charge in [-0.3, -0.25) is 9.59 Å². The Labute approximate surface area is 85.9 Å². The quantitative estimate of drug-likeness (QED) is 0.609. The molecule has 81 valence electrons. The molecule has 0 rings (SSSR count). The minimum Gasteiger partial charge on any atom is -0.341 e. The maximum Gasteiger partial charge on any atom is 0.312 e. The Bertz CT molecular complexity index is 210. The van der Waals surface area contributed by atoms with Gasteiger partial charge in [-0.25, -0.2) is 0 Å². The first-order chi connectivity index (χ1) is 6.41. The number of nitrogens with zero attached hydrogens (tertiary/aromatic N) is 2. The predicted molar refractivity (Wildman–Crippen MR) is 55.5 cm³/mol. The molecule has 0 unspecified atom stereocenters. The van der Waals surface area contributed by atoms with E-state index in [9.17, 15) is 9.59 Å². The fourth-order valence-electron chi connectivity index (χ4n) is 1.16. The van der Waals surface area contributed by atoms with E-state index in [1.54, 1.807) is 32.2 Å². The summed E-state index contributed by atoms with van der Waals surface area (Å²) in [5.41, 5.74) is -0.812. The van der Waals surface area contributed by atoms with Gasteiger partial charge < -0.3 is 9.80 Å². The average molecular weight is 199 g/mol. The van der Waals surface area contributed by atoms with Crippen LogP contribution in [-0.2, 0) is 9.59 Å². The first kappa shape index (κ1) is 12.9. The summed E-state index contributed by atoms with van der Waals surface area (Å²) in [5, 5.41) is 0. The number of carbonyl (C=O) groups excluding carboxylic acids is 2. The maximum absolute atomic E-state index is 11.9. The molecule has 0 bridgehead atoms. The second-order valence-corrected chi connectivity index (χ2v) is 3.69. The topological polar surface area (TPSA) is 40.6 Å². The maximum atomic E-state index is 11.9. The molecule has 1 radical (unpaired) electrons. The lowest BCUT2D eigenvalue weighted by Gasteiger charge is -2.35. The first-order valence-electron chi connectivity index (χ1n) is 4.82. The van der Waals surface area contributed by atoms with Crippen molar-refractivity contribution in [1.82, 2.24) is 9.80 Å². The molecule has 2 amide bonds. The van der Waals surface area contributed by atoms with E-state index in [-0.39, 0.29) is 5.91 Å². The summed E-state index contributed by atoms with van der Waals surface area (Å²) in [5.74, 6) is -0.0478. The van der Waals surface area contributed by atoms with Crippen molar-refractivity contribution in [1.29, 1.82) is 0 Å². The molecular weight excluding hydrogens is 180 g/mol. The SMILES string of the molecule is CCN(CC)C(=O)C(C)(C)N(C)[C]=O. The van der Waals surface area contributed by atoms with Crippen LogP contribution in [-0.4, -0.2) is 47.8 Å². The highest BCUT2D eigenvalue weighted by atomic mass is 16.2. The lowest BCUT2D eigenvalue weighted by molar-refractivity contribution is -0.139. The molecule has 0 spiro atoms. The summed E-state index contributed by atoms with van der Waals surface area (Å²) in [4.78, 5) is 25.4. The van der Waals surface area contributed by atoms with Gasteiger partial charge >= 0.3 is 6.41 Å². The van der Waals surface area contributed by atoms with Crippen molar-refractivity contribution in [2.24, 2.45) is 0 Å². The molecule has 4 heteroatoms. The second kappa shape index (κ2) is 4.98. The molecule has 0 aliphatic heterocycles. The van der Waals surface area contributed by atoms with Gasteiger partial charge in [0.25, 0.3) is 0 Å². The van der Waals surface area contributed by atoms with E-state index in [0.29, 0.717) is 13.1 Å². The molecule has 0 heterocycles. The summed E-state index contributed by atoms with van der Waals surface area (Å²) < 4.78 is 0. The van der Waals surface area contributed by atoms with Crippen LogP contribution in [0.1, 0.15) is 27.7 Å². The summed E-state index contributed by atoms with van der Waals surface area (Å²) >= 11 is 0. The molecule has 0 aromatic carbocycles. The largest absolute Gasteiger partial charge is 0.341 e. The van der Waals surface area contributed by atoms with Gasteiger partial charge in [0.2, 0.25) is 5.91 Å². The van der Waals surface area contributed by atoms with Crippen LogP contribution in [0.5, 0.6) is 0 Å². The molecule has 0 aliphatic rings. The van der Waals surface area contributed by atoms with E-state index in [1.165, 1.54) is 4.90 Å². The molecule has 0 aliphatic carbocycles. The lowest BCUT2D eigenvalue weighted by Crippen LogP contribution is -2.54. The molecule has 0 N–H and O–H groups in total. The Hall–Kier alpha value is -1.06. The minimum atomic E-state index is -0.812. The second-order valence-electron chi connectivity index (χ2n) is 3.69. The van der Waals surface area contributed by atoms with E-state index >= 15 is 0 Å². The van der Waals surface area contributed by atoms with Crippen LogP contribution in [0.4, 0.5) is 0 Å². The van der Waals surface area contributed by atoms with E-state index in [2.05, 4.69) is 0 Å². The standard InChI is InChI=1S/C10H19N2O2/c1-6-12(7-2)9(14)10(3,4)11(5)8-13/h6-7H2,1-5H3. The van der Waals surface area contributed by atoms with E-state index in [0.717, 1.165) is 0 Å². The van der Waals surface area contributed by atoms with Gasteiger partial charge in [0.1, 0.15) is 5.54 Å². The lowest BCUT2D eigenvalue weighted by atomic mass is 10.0. The van der Waals surface area contributed by atoms with Crippen LogP contribution >= 0.6 is 0 Å². The zero-order valence-corrected chi connectivity index (χ0v) is 9.63. The molecule has 0 aromatic rings. The number of likely N-dealkylation sites (N-methyl/N-ethyl adjacent to an activating group) is 2. The number of rotatable bonds is 5. The molecule has 0 aromatic heterocycles. The van der Waals surface area contributed by atoms with Crippen LogP contribution < -0.4 is 0 Å². The van der Waals surface area contributed by atoms with Gasteiger partial charge in [0.05, 0.1) is 0 Å². The highest BCUT2D eigenvalue weighted by molar-refractivity contribution is 5.87. The van der Waals surface area contributed by atoms with Crippen molar-refractivity contribution in [3.8, 4) is 0 Å². The van der Waals surface area contributed by atoms with E-state index < -0.39 is 5.54 Å². The Morgan fingerprint density at radius 3 is 2.00 bits per heavy atom.